The van der Waals surface area contributed by atoms with Gasteiger partial charge in [-0.05, 0) is 23.8 Å². The number of ether oxygens (including phenoxy) is 2. The number of hydrogen-bond donors (Lipinski definition) is 0. The van der Waals surface area contributed by atoms with E-state index in [1.807, 2.05) is 30.3 Å². The summed E-state index contributed by atoms with van der Waals surface area (Å²) in [5.74, 6) is 1.06. The van der Waals surface area contributed by atoms with Crippen molar-refractivity contribution in [2.75, 3.05) is 0 Å². The van der Waals surface area contributed by atoms with Gasteiger partial charge in [0.1, 0.15) is 11.5 Å². The molecule has 0 unspecified atom stereocenters. The van der Waals surface area contributed by atoms with Crippen LogP contribution in [0.3, 0.4) is 0 Å². The quantitative estimate of drug-likeness (QED) is 0.782. The SMILES string of the molecule is N#COc1ccc(Cc2ccccc2OC#N)cc1. The number of nitriles is 2. The number of para-hydroxylation sites is 1. The first-order valence-corrected chi connectivity index (χ1v) is 5.62. The molecule has 0 fully saturated rings. The van der Waals surface area contributed by atoms with Crippen LogP contribution in [-0.4, -0.2) is 0 Å². The molecule has 0 amide bonds. The molecule has 0 N–H and O–H groups in total. The summed E-state index contributed by atoms with van der Waals surface area (Å²) in [6.45, 7) is 0. The van der Waals surface area contributed by atoms with Crippen molar-refractivity contribution in [1.82, 2.24) is 0 Å². The van der Waals surface area contributed by atoms with E-state index >= 15 is 0 Å². The van der Waals surface area contributed by atoms with Crippen molar-refractivity contribution < 1.29 is 9.47 Å². The number of benzene rings is 2. The van der Waals surface area contributed by atoms with Gasteiger partial charge in [0.2, 0.25) is 0 Å². The lowest BCUT2D eigenvalue weighted by molar-refractivity contribution is 0.501. The standard InChI is InChI=1S/C15H10N2O2/c16-10-18-14-7-5-12(6-8-14)9-13-3-1-2-4-15(13)19-11-17/h1-8H,9H2. The van der Waals surface area contributed by atoms with Crippen molar-refractivity contribution >= 4 is 0 Å². The third-order valence-electron chi connectivity index (χ3n) is 2.61. The summed E-state index contributed by atoms with van der Waals surface area (Å²) in [5.41, 5.74) is 1.97. The maximum absolute atomic E-state index is 8.59. The van der Waals surface area contributed by atoms with Gasteiger partial charge in [-0.15, -0.1) is 10.5 Å². The molecule has 19 heavy (non-hydrogen) atoms. The average molecular weight is 250 g/mol. The van der Waals surface area contributed by atoms with E-state index < -0.39 is 0 Å². The molecule has 0 spiro atoms. The van der Waals surface area contributed by atoms with Crippen molar-refractivity contribution in [3.05, 3.63) is 59.7 Å². The fraction of sp³-hybridized carbons (Fsp3) is 0.0667. The highest BCUT2D eigenvalue weighted by Crippen LogP contribution is 2.22. The van der Waals surface area contributed by atoms with Gasteiger partial charge in [-0.25, -0.2) is 0 Å². The summed E-state index contributed by atoms with van der Waals surface area (Å²) < 4.78 is 9.62. The van der Waals surface area contributed by atoms with E-state index in [0.717, 1.165) is 11.1 Å². The Labute approximate surface area is 111 Å². The summed E-state index contributed by atoms with van der Waals surface area (Å²) in [6.07, 6.45) is 3.95. The average Bonchev–Trinajstić information content (AvgIpc) is 2.44. The Kier molecular flexibility index (Phi) is 4.00. The second kappa shape index (κ2) is 6.09. The van der Waals surface area contributed by atoms with Crippen LogP contribution in [0.5, 0.6) is 11.5 Å². The minimum atomic E-state index is 0.507. The summed E-state index contributed by atoms with van der Waals surface area (Å²) in [5, 5.41) is 17.0. The Morgan fingerprint density at radius 3 is 2.21 bits per heavy atom. The van der Waals surface area contributed by atoms with E-state index in [1.165, 1.54) is 0 Å². The molecule has 2 aromatic rings. The molecule has 4 heteroatoms. The third-order valence-corrected chi connectivity index (χ3v) is 2.61. The molecule has 0 aliphatic heterocycles. The Balaban J connectivity index is 2.17. The second-order valence-electron chi connectivity index (χ2n) is 3.82. The first-order chi connectivity index (χ1) is 9.33. The van der Waals surface area contributed by atoms with Crippen LogP contribution >= 0.6 is 0 Å². The van der Waals surface area contributed by atoms with E-state index in [2.05, 4.69) is 0 Å². The van der Waals surface area contributed by atoms with Gasteiger partial charge in [-0.3, -0.25) is 0 Å². The highest BCUT2D eigenvalue weighted by atomic mass is 16.5. The van der Waals surface area contributed by atoms with Gasteiger partial charge in [0.15, 0.2) is 0 Å². The molecule has 0 aliphatic rings. The monoisotopic (exact) mass is 250 g/mol. The van der Waals surface area contributed by atoms with Crippen LogP contribution < -0.4 is 9.47 Å². The zero-order chi connectivity index (χ0) is 13.5. The molecule has 92 valence electrons. The van der Waals surface area contributed by atoms with E-state index in [9.17, 15) is 0 Å². The largest absolute Gasteiger partial charge is 0.388 e. The van der Waals surface area contributed by atoms with Crippen LogP contribution in [0.4, 0.5) is 0 Å². The summed E-state index contributed by atoms with van der Waals surface area (Å²) in [4.78, 5) is 0. The van der Waals surface area contributed by atoms with E-state index in [-0.39, 0.29) is 0 Å². The van der Waals surface area contributed by atoms with E-state index in [4.69, 9.17) is 20.0 Å². The predicted octanol–water partition coefficient (Wildman–Crippen LogP) is 3.00. The lowest BCUT2D eigenvalue weighted by atomic mass is 10.0. The van der Waals surface area contributed by atoms with Crippen LogP contribution in [0, 0.1) is 23.0 Å². The van der Waals surface area contributed by atoms with Crippen molar-refractivity contribution in [3.63, 3.8) is 0 Å². The van der Waals surface area contributed by atoms with E-state index in [0.29, 0.717) is 17.9 Å². The molecule has 4 nitrogen and oxygen atoms in total. The van der Waals surface area contributed by atoms with Gasteiger partial charge in [0.25, 0.3) is 12.5 Å². The number of rotatable bonds is 4. The molecular weight excluding hydrogens is 240 g/mol. The minimum Gasteiger partial charge on any atom is -0.388 e. The molecule has 0 saturated carbocycles. The normalized spacial score (nSPS) is 9.16. The van der Waals surface area contributed by atoms with Crippen LogP contribution in [0.25, 0.3) is 0 Å². The highest BCUT2D eigenvalue weighted by molar-refractivity contribution is 5.39. The van der Waals surface area contributed by atoms with Gasteiger partial charge in [-0.2, -0.15) is 0 Å². The molecule has 2 aromatic carbocycles. The predicted molar refractivity (Wildman–Crippen MR) is 68.2 cm³/mol. The first kappa shape index (κ1) is 12.5. The Hall–Kier alpha value is -2.98. The van der Waals surface area contributed by atoms with Crippen LogP contribution in [0.2, 0.25) is 0 Å². The number of nitrogens with zero attached hydrogens (tertiary/aromatic N) is 2. The Morgan fingerprint density at radius 2 is 1.53 bits per heavy atom. The Bertz CT molecular complexity index is 636. The maximum Gasteiger partial charge on any atom is 0.292 e. The molecule has 2 rings (SSSR count). The third kappa shape index (κ3) is 3.24. The lowest BCUT2D eigenvalue weighted by Crippen LogP contribution is -1.93. The summed E-state index contributed by atoms with van der Waals surface area (Å²) in [7, 11) is 0. The van der Waals surface area contributed by atoms with Gasteiger partial charge in [0.05, 0.1) is 0 Å². The van der Waals surface area contributed by atoms with Crippen molar-refractivity contribution in [3.8, 4) is 24.0 Å². The summed E-state index contributed by atoms with van der Waals surface area (Å²) >= 11 is 0. The fourth-order valence-corrected chi connectivity index (χ4v) is 1.75. The molecular formula is C15H10N2O2. The van der Waals surface area contributed by atoms with Crippen molar-refractivity contribution in [2.45, 2.75) is 6.42 Å². The van der Waals surface area contributed by atoms with Crippen molar-refractivity contribution in [2.24, 2.45) is 0 Å². The van der Waals surface area contributed by atoms with Crippen LogP contribution in [0.15, 0.2) is 48.5 Å². The highest BCUT2D eigenvalue weighted by Gasteiger charge is 2.04. The Morgan fingerprint density at radius 1 is 0.842 bits per heavy atom. The first-order valence-electron chi connectivity index (χ1n) is 5.62. The zero-order valence-corrected chi connectivity index (χ0v) is 10.0. The van der Waals surface area contributed by atoms with Gasteiger partial charge in [0, 0.05) is 12.0 Å². The molecule has 0 aromatic heterocycles. The molecule has 0 saturated heterocycles. The number of hydrogen-bond acceptors (Lipinski definition) is 4. The van der Waals surface area contributed by atoms with Gasteiger partial charge < -0.3 is 9.47 Å². The second-order valence-corrected chi connectivity index (χ2v) is 3.82. The molecule has 0 aliphatic carbocycles. The van der Waals surface area contributed by atoms with Gasteiger partial charge >= 0.3 is 0 Å². The molecule has 0 atom stereocenters. The maximum atomic E-state index is 8.59. The van der Waals surface area contributed by atoms with E-state index in [1.54, 1.807) is 30.7 Å². The van der Waals surface area contributed by atoms with Gasteiger partial charge in [-0.1, -0.05) is 30.3 Å². The zero-order valence-electron chi connectivity index (χ0n) is 10.0. The molecule has 0 heterocycles. The van der Waals surface area contributed by atoms with Crippen LogP contribution in [-0.2, 0) is 6.42 Å². The topological polar surface area (TPSA) is 66.0 Å². The van der Waals surface area contributed by atoms with Crippen molar-refractivity contribution in [1.29, 1.82) is 10.5 Å². The fourth-order valence-electron chi connectivity index (χ4n) is 1.75. The minimum absolute atomic E-state index is 0.507. The molecule has 0 bridgehead atoms. The summed E-state index contributed by atoms with van der Waals surface area (Å²) in [6, 6.07) is 14.6. The lowest BCUT2D eigenvalue weighted by Gasteiger charge is -2.06. The smallest absolute Gasteiger partial charge is 0.292 e. The van der Waals surface area contributed by atoms with Crippen LogP contribution in [0.1, 0.15) is 11.1 Å². The molecule has 0 radical (unpaired) electrons.